The maximum Gasteiger partial charge on any atom is 0.271 e. The summed E-state index contributed by atoms with van der Waals surface area (Å²) in [6.45, 7) is 7.99. The molecular weight excluding hydrogens is 406 g/mol. The first-order chi connectivity index (χ1) is 15.2. The lowest BCUT2D eigenvalue weighted by molar-refractivity contribution is 0.0558. The molecule has 2 fully saturated rings. The number of piperidine rings is 1. The highest BCUT2D eigenvalue weighted by Crippen LogP contribution is 2.25. The number of rotatable bonds is 4. The second kappa shape index (κ2) is 8.85. The highest BCUT2D eigenvalue weighted by atomic mass is 32.1. The first-order valence-corrected chi connectivity index (χ1v) is 12.1. The van der Waals surface area contributed by atoms with Gasteiger partial charge in [0.25, 0.3) is 5.91 Å². The van der Waals surface area contributed by atoms with Gasteiger partial charge in [0.1, 0.15) is 5.69 Å². The van der Waals surface area contributed by atoms with Gasteiger partial charge < -0.3 is 9.80 Å². The normalized spacial score (nSPS) is 20.2. The lowest BCUT2D eigenvalue weighted by Crippen LogP contribution is -2.56. The Morgan fingerprint density at radius 1 is 1.13 bits per heavy atom. The Labute approximate surface area is 187 Å². The Balaban J connectivity index is 1.20. The molecule has 2 aliphatic heterocycles. The summed E-state index contributed by atoms with van der Waals surface area (Å²) in [5.41, 5.74) is 5.18. The van der Waals surface area contributed by atoms with Gasteiger partial charge in [0.15, 0.2) is 0 Å². The quantitative estimate of drug-likeness (QED) is 0.676. The fourth-order valence-electron chi connectivity index (χ4n) is 4.84. The van der Waals surface area contributed by atoms with Crippen LogP contribution in [-0.2, 0) is 0 Å². The zero-order chi connectivity index (χ0) is 21.2. The summed E-state index contributed by atoms with van der Waals surface area (Å²) in [6.07, 6.45) is 2.22. The van der Waals surface area contributed by atoms with Gasteiger partial charge in [0.05, 0.1) is 5.69 Å². The summed E-state index contributed by atoms with van der Waals surface area (Å²) in [7, 11) is 0. The van der Waals surface area contributed by atoms with Crippen molar-refractivity contribution in [3.8, 4) is 11.3 Å². The SMILES string of the molecule is Cc1ccccc1N1CCN([C@@H]2CCCN(C(=O)c3cc(-c4ccsc4)n[nH]3)C2)CC1. The third-order valence-corrected chi connectivity index (χ3v) is 7.28. The molecule has 1 aromatic carbocycles. The summed E-state index contributed by atoms with van der Waals surface area (Å²) >= 11 is 1.64. The molecule has 0 unspecified atom stereocenters. The molecule has 2 saturated heterocycles. The number of hydrogen-bond acceptors (Lipinski definition) is 5. The zero-order valence-corrected chi connectivity index (χ0v) is 18.8. The summed E-state index contributed by atoms with van der Waals surface area (Å²) in [5, 5.41) is 11.4. The average Bonchev–Trinajstić information content (AvgIpc) is 3.51. The Morgan fingerprint density at radius 2 is 1.97 bits per heavy atom. The second-order valence-corrected chi connectivity index (χ2v) is 9.32. The van der Waals surface area contributed by atoms with E-state index in [1.54, 1.807) is 11.3 Å². The number of carbonyl (C=O) groups is 1. The van der Waals surface area contributed by atoms with E-state index in [2.05, 4.69) is 56.6 Å². The van der Waals surface area contributed by atoms with Crippen LogP contribution in [0.1, 0.15) is 28.9 Å². The van der Waals surface area contributed by atoms with Gasteiger partial charge in [-0.15, -0.1) is 0 Å². The minimum Gasteiger partial charge on any atom is -0.369 e. The molecule has 0 saturated carbocycles. The molecule has 0 radical (unpaired) electrons. The number of likely N-dealkylation sites (tertiary alicyclic amines) is 1. The standard InChI is InChI=1S/C24H29N5OS/c1-18-5-2-3-7-23(18)28-12-10-27(11-13-28)20-6-4-9-29(16-20)24(30)22-15-21(25-26-22)19-8-14-31-17-19/h2-3,5,7-8,14-15,17,20H,4,6,9-13,16H2,1H3,(H,25,26)/t20-/m1/s1. The average molecular weight is 436 g/mol. The molecule has 4 heterocycles. The number of nitrogens with zero attached hydrogens (tertiary/aromatic N) is 4. The molecule has 1 amide bonds. The number of aryl methyl sites for hydroxylation is 1. The Morgan fingerprint density at radius 3 is 2.74 bits per heavy atom. The van der Waals surface area contributed by atoms with E-state index in [4.69, 9.17) is 0 Å². The van der Waals surface area contributed by atoms with Crippen molar-refractivity contribution < 1.29 is 4.79 Å². The topological polar surface area (TPSA) is 55.5 Å². The number of amides is 1. The zero-order valence-electron chi connectivity index (χ0n) is 18.0. The maximum absolute atomic E-state index is 13.1. The van der Waals surface area contributed by atoms with Gasteiger partial charge in [0.2, 0.25) is 0 Å². The van der Waals surface area contributed by atoms with Crippen LogP contribution in [0.15, 0.2) is 47.2 Å². The number of hydrogen-bond donors (Lipinski definition) is 1. The number of aromatic amines is 1. The van der Waals surface area contributed by atoms with Crippen molar-refractivity contribution in [3.05, 3.63) is 58.4 Å². The van der Waals surface area contributed by atoms with Gasteiger partial charge in [-0.3, -0.25) is 14.8 Å². The first-order valence-electron chi connectivity index (χ1n) is 11.1. The molecule has 162 valence electrons. The van der Waals surface area contributed by atoms with E-state index >= 15 is 0 Å². The van der Waals surface area contributed by atoms with Gasteiger partial charge in [-0.25, -0.2) is 0 Å². The van der Waals surface area contributed by atoms with Gasteiger partial charge in [-0.1, -0.05) is 18.2 Å². The first kappa shape index (κ1) is 20.3. The molecule has 0 bridgehead atoms. The number of anilines is 1. The third kappa shape index (κ3) is 4.25. The second-order valence-electron chi connectivity index (χ2n) is 8.54. The van der Waals surface area contributed by atoms with Crippen LogP contribution in [0.2, 0.25) is 0 Å². The fourth-order valence-corrected chi connectivity index (χ4v) is 5.49. The van der Waals surface area contributed by atoms with E-state index in [1.165, 1.54) is 11.3 Å². The van der Waals surface area contributed by atoms with Gasteiger partial charge in [-0.2, -0.15) is 16.4 Å². The Bertz CT molecular complexity index is 1020. The fraction of sp³-hybridized carbons (Fsp3) is 0.417. The largest absolute Gasteiger partial charge is 0.369 e. The number of nitrogens with one attached hydrogen (secondary N) is 1. The van der Waals surface area contributed by atoms with Crippen molar-refractivity contribution in [2.45, 2.75) is 25.8 Å². The number of H-pyrrole nitrogens is 1. The van der Waals surface area contributed by atoms with Crippen molar-refractivity contribution in [1.82, 2.24) is 20.0 Å². The van der Waals surface area contributed by atoms with Crippen LogP contribution in [0.4, 0.5) is 5.69 Å². The molecule has 2 aromatic heterocycles. The molecule has 0 aliphatic carbocycles. The molecule has 3 aromatic rings. The summed E-state index contributed by atoms with van der Waals surface area (Å²) < 4.78 is 0. The van der Waals surface area contributed by atoms with Gasteiger partial charge >= 0.3 is 0 Å². The number of carbonyl (C=O) groups excluding carboxylic acids is 1. The van der Waals surface area contributed by atoms with Crippen molar-refractivity contribution in [1.29, 1.82) is 0 Å². The maximum atomic E-state index is 13.1. The molecule has 6 nitrogen and oxygen atoms in total. The predicted octanol–water partition coefficient (Wildman–Crippen LogP) is 3.87. The van der Waals surface area contributed by atoms with Crippen LogP contribution in [-0.4, -0.2) is 71.2 Å². The number of aromatic nitrogens is 2. The molecule has 0 spiro atoms. The van der Waals surface area contributed by atoms with E-state index in [1.807, 2.05) is 22.4 Å². The van der Waals surface area contributed by atoms with E-state index in [0.717, 1.165) is 63.4 Å². The van der Waals surface area contributed by atoms with Crippen LogP contribution in [0.3, 0.4) is 0 Å². The molecular formula is C24H29N5OS. The van der Waals surface area contributed by atoms with Crippen molar-refractivity contribution in [3.63, 3.8) is 0 Å². The highest BCUT2D eigenvalue weighted by molar-refractivity contribution is 7.08. The van der Waals surface area contributed by atoms with E-state index in [0.29, 0.717) is 11.7 Å². The molecule has 2 aliphatic rings. The molecule has 7 heteroatoms. The van der Waals surface area contributed by atoms with Gasteiger partial charge in [-0.05, 0) is 48.9 Å². The number of thiophene rings is 1. The van der Waals surface area contributed by atoms with E-state index in [-0.39, 0.29) is 5.91 Å². The summed E-state index contributed by atoms with van der Waals surface area (Å²) in [6, 6.07) is 13.0. The lowest BCUT2D eigenvalue weighted by Gasteiger charge is -2.44. The molecule has 31 heavy (non-hydrogen) atoms. The third-order valence-electron chi connectivity index (χ3n) is 6.60. The van der Waals surface area contributed by atoms with Crippen molar-refractivity contribution in [2.24, 2.45) is 0 Å². The van der Waals surface area contributed by atoms with Crippen molar-refractivity contribution in [2.75, 3.05) is 44.2 Å². The molecule has 5 rings (SSSR count). The number of para-hydroxylation sites is 1. The Hall–Kier alpha value is -2.64. The summed E-state index contributed by atoms with van der Waals surface area (Å²) in [5.74, 6) is 0.0669. The number of piperazine rings is 1. The van der Waals surface area contributed by atoms with Gasteiger partial charge in [0, 0.05) is 61.9 Å². The van der Waals surface area contributed by atoms with Crippen LogP contribution in [0, 0.1) is 6.92 Å². The molecule has 1 atom stereocenters. The smallest absolute Gasteiger partial charge is 0.271 e. The monoisotopic (exact) mass is 435 g/mol. The highest BCUT2D eigenvalue weighted by Gasteiger charge is 2.31. The van der Waals surface area contributed by atoms with Crippen molar-refractivity contribution >= 4 is 22.9 Å². The van der Waals surface area contributed by atoms with E-state index in [9.17, 15) is 4.79 Å². The number of benzene rings is 1. The van der Waals surface area contributed by atoms with Crippen LogP contribution in [0.25, 0.3) is 11.3 Å². The molecule has 1 N–H and O–H groups in total. The van der Waals surface area contributed by atoms with Crippen LogP contribution >= 0.6 is 11.3 Å². The minimum atomic E-state index is 0.0669. The van der Waals surface area contributed by atoms with Crippen LogP contribution in [0.5, 0.6) is 0 Å². The summed E-state index contributed by atoms with van der Waals surface area (Å²) in [4.78, 5) is 20.2. The Kier molecular flexibility index (Phi) is 5.78. The van der Waals surface area contributed by atoms with Crippen LogP contribution < -0.4 is 4.90 Å². The minimum absolute atomic E-state index is 0.0669. The predicted molar refractivity (Wildman–Crippen MR) is 126 cm³/mol. The van der Waals surface area contributed by atoms with E-state index < -0.39 is 0 Å². The lowest BCUT2D eigenvalue weighted by atomic mass is 10.0.